The van der Waals surface area contributed by atoms with Crippen molar-refractivity contribution in [3.8, 4) is 0 Å². The fraction of sp³-hybridized carbons (Fsp3) is 0.900. The third-order valence-corrected chi connectivity index (χ3v) is 2.17. The second-order valence-electron chi connectivity index (χ2n) is 3.69. The van der Waals surface area contributed by atoms with E-state index in [4.69, 9.17) is 5.11 Å². The summed E-state index contributed by atoms with van der Waals surface area (Å²) in [6, 6.07) is -0.865. The van der Waals surface area contributed by atoms with Crippen molar-refractivity contribution in [1.29, 1.82) is 0 Å². The van der Waals surface area contributed by atoms with E-state index < -0.39 is 24.3 Å². The Hall–Kier alpha value is -0.820. The summed E-state index contributed by atoms with van der Waals surface area (Å²) in [7, 11) is 0. The first-order valence-corrected chi connectivity index (χ1v) is 5.43. The van der Waals surface area contributed by atoms with Crippen LogP contribution in [0.5, 0.6) is 0 Å². The highest BCUT2D eigenvalue weighted by molar-refractivity contribution is 5.73. The van der Waals surface area contributed by atoms with Crippen molar-refractivity contribution < 1.29 is 27.8 Å². The first kappa shape index (κ1) is 16.2. The Morgan fingerprint density at radius 1 is 1.47 bits per heavy atom. The molecule has 0 rings (SSSR count). The van der Waals surface area contributed by atoms with Crippen LogP contribution < -0.4 is 5.32 Å². The molecule has 0 aromatic rings. The molecule has 102 valence electrons. The number of carboxylic acid groups (broad SMARTS) is 1. The van der Waals surface area contributed by atoms with Crippen molar-refractivity contribution in [1.82, 2.24) is 5.32 Å². The molecule has 0 amide bonds. The van der Waals surface area contributed by atoms with E-state index in [1.807, 2.05) is 6.92 Å². The maximum absolute atomic E-state index is 12.1. The second kappa shape index (κ2) is 7.50. The van der Waals surface area contributed by atoms with Crippen molar-refractivity contribution in [3.05, 3.63) is 0 Å². The molecule has 7 heteroatoms. The Morgan fingerprint density at radius 2 is 2.06 bits per heavy atom. The van der Waals surface area contributed by atoms with Gasteiger partial charge in [-0.25, -0.2) is 0 Å². The minimum Gasteiger partial charge on any atom is -0.480 e. The van der Waals surface area contributed by atoms with E-state index in [0.29, 0.717) is 6.54 Å². The zero-order valence-electron chi connectivity index (χ0n) is 9.88. The molecule has 2 atom stereocenters. The maximum atomic E-state index is 12.1. The maximum Gasteiger partial charge on any atom is 0.414 e. The van der Waals surface area contributed by atoms with Gasteiger partial charge in [0.2, 0.25) is 0 Å². The van der Waals surface area contributed by atoms with Gasteiger partial charge < -0.3 is 15.2 Å². The van der Waals surface area contributed by atoms with Crippen LogP contribution in [0.4, 0.5) is 13.2 Å². The van der Waals surface area contributed by atoms with Gasteiger partial charge in [0.15, 0.2) is 6.10 Å². The van der Waals surface area contributed by atoms with Crippen LogP contribution in [-0.4, -0.2) is 42.5 Å². The number of hydrogen-bond donors (Lipinski definition) is 2. The summed E-state index contributed by atoms with van der Waals surface area (Å²) in [6.45, 7) is 3.03. The smallest absolute Gasteiger partial charge is 0.414 e. The number of alkyl halides is 3. The summed E-state index contributed by atoms with van der Waals surface area (Å²) in [5, 5.41) is 11.5. The third kappa shape index (κ3) is 7.17. The zero-order chi connectivity index (χ0) is 13.5. The Morgan fingerprint density at radius 3 is 2.47 bits per heavy atom. The lowest BCUT2D eigenvalue weighted by Gasteiger charge is -2.18. The van der Waals surface area contributed by atoms with Crippen molar-refractivity contribution >= 4 is 5.97 Å². The molecular weight excluding hydrogens is 239 g/mol. The van der Waals surface area contributed by atoms with Crippen LogP contribution in [0.2, 0.25) is 0 Å². The topological polar surface area (TPSA) is 58.6 Å². The van der Waals surface area contributed by atoms with Gasteiger partial charge in [-0.05, 0) is 26.3 Å². The van der Waals surface area contributed by atoms with Crippen LogP contribution in [0.1, 0.15) is 26.7 Å². The number of rotatable bonds is 8. The molecule has 0 heterocycles. The number of aliphatic carboxylic acids is 1. The van der Waals surface area contributed by atoms with E-state index in [0.717, 1.165) is 13.3 Å². The van der Waals surface area contributed by atoms with Gasteiger partial charge in [-0.2, -0.15) is 13.2 Å². The number of ether oxygens (including phenoxy) is 1. The lowest BCUT2D eigenvalue weighted by atomic mass is 10.2. The number of hydrogen-bond acceptors (Lipinski definition) is 3. The predicted octanol–water partition coefficient (Wildman–Crippen LogP) is 1.80. The summed E-state index contributed by atoms with van der Waals surface area (Å²) in [5.74, 6) is -1.08. The van der Waals surface area contributed by atoms with E-state index in [-0.39, 0.29) is 13.0 Å². The molecule has 4 nitrogen and oxygen atoms in total. The normalized spacial score (nSPS) is 15.6. The molecule has 0 aliphatic rings. The van der Waals surface area contributed by atoms with Crippen molar-refractivity contribution in [2.45, 2.75) is 45.0 Å². The summed E-state index contributed by atoms with van der Waals surface area (Å²) in [4.78, 5) is 10.7. The molecule has 0 spiro atoms. The number of nitrogens with one attached hydrogen (secondary N) is 1. The Labute approximate surface area is 98.1 Å². The number of halogens is 3. The molecule has 0 aromatic heterocycles. The average molecular weight is 257 g/mol. The Kier molecular flexibility index (Phi) is 7.13. The van der Waals surface area contributed by atoms with Crippen LogP contribution in [0, 0.1) is 0 Å². The standard InChI is InChI=1S/C10H18F3NO3/c1-3-5-14-8(9(15)16)4-6-17-7(2)10(11,12)13/h7-8,14H,3-6H2,1-2H3,(H,15,16). The molecule has 2 unspecified atom stereocenters. The molecule has 0 aliphatic heterocycles. The van der Waals surface area contributed by atoms with E-state index in [1.54, 1.807) is 0 Å². The van der Waals surface area contributed by atoms with Crippen LogP contribution in [0.3, 0.4) is 0 Å². The highest BCUT2D eigenvalue weighted by atomic mass is 19.4. The fourth-order valence-corrected chi connectivity index (χ4v) is 1.09. The van der Waals surface area contributed by atoms with Crippen LogP contribution in [-0.2, 0) is 9.53 Å². The summed E-state index contributed by atoms with van der Waals surface area (Å²) in [6.07, 6.45) is -5.52. The van der Waals surface area contributed by atoms with E-state index >= 15 is 0 Å². The van der Waals surface area contributed by atoms with Gasteiger partial charge in [0.25, 0.3) is 0 Å². The summed E-state index contributed by atoms with van der Waals surface area (Å²) < 4.78 is 40.8. The molecule has 0 aromatic carbocycles. The van der Waals surface area contributed by atoms with E-state index in [2.05, 4.69) is 10.1 Å². The van der Waals surface area contributed by atoms with Gasteiger partial charge in [-0.3, -0.25) is 4.79 Å². The first-order chi connectivity index (χ1) is 7.79. The lowest BCUT2D eigenvalue weighted by Crippen LogP contribution is -2.39. The second-order valence-corrected chi connectivity index (χ2v) is 3.69. The summed E-state index contributed by atoms with van der Waals surface area (Å²) in [5.41, 5.74) is 0. The van der Waals surface area contributed by atoms with Gasteiger partial charge in [0.05, 0.1) is 0 Å². The van der Waals surface area contributed by atoms with Crippen molar-refractivity contribution in [2.75, 3.05) is 13.2 Å². The zero-order valence-corrected chi connectivity index (χ0v) is 9.88. The number of carbonyl (C=O) groups is 1. The first-order valence-electron chi connectivity index (χ1n) is 5.43. The SMILES string of the molecule is CCCNC(CCOC(C)C(F)(F)F)C(=O)O. The van der Waals surface area contributed by atoms with E-state index in [1.165, 1.54) is 0 Å². The molecule has 0 saturated carbocycles. The molecule has 0 radical (unpaired) electrons. The molecule has 0 aliphatic carbocycles. The third-order valence-electron chi connectivity index (χ3n) is 2.17. The molecule has 0 saturated heterocycles. The average Bonchev–Trinajstić information content (AvgIpc) is 2.20. The molecule has 0 bridgehead atoms. The quantitative estimate of drug-likeness (QED) is 0.696. The highest BCUT2D eigenvalue weighted by Crippen LogP contribution is 2.22. The molecular formula is C10H18F3NO3. The largest absolute Gasteiger partial charge is 0.480 e. The molecule has 0 fully saturated rings. The van der Waals surface area contributed by atoms with Crippen molar-refractivity contribution in [2.24, 2.45) is 0 Å². The fourth-order valence-electron chi connectivity index (χ4n) is 1.09. The minimum absolute atomic E-state index is 0.00968. The minimum atomic E-state index is -4.41. The Bertz CT molecular complexity index is 233. The van der Waals surface area contributed by atoms with Gasteiger partial charge in [-0.15, -0.1) is 0 Å². The van der Waals surface area contributed by atoms with Crippen LogP contribution in [0.15, 0.2) is 0 Å². The van der Waals surface area contributed by atoms with Gasteiger partial charge in [0, 0.05) is 6.61 Å². The van der Waals surface area contributed by atoms with Gasteiger partial charge in [0.1, 0.15) is 6.04 Å². The highest BCUT2D eigenvalue weighted by Gasteiger charge is 2.36. The van der Waals surface area contributed by atoms with Gasteiger partial charge >= 0.3 is 12.1 Å². The summed E-state index contributed by atoms with van der Waals surface area (Å²) >= 11 is 0. The van der Waals surface area contributed by atoms with E-state index in [9.17, 15) is 18.0 Å². The predicted molar refractivity (Wildman–Crippen MR) is 55.8 cm³/mol. The van der Waals surface area contributed by atoms with Crippen molar-refractivity contribution in [3.63, 3.8) is 0 Å². The lowest BCUT2D eigenvalue weighted by molar-refractivity contribution is -0.214. The molecule has 17 heavy (non-hydrogen) atoms. The van der Waals surface area contributed by atoms with Crippen LogP contribution in [0.25, 0.3) is 0 Å². The number of carboxylic acids is 1. The van der Waals surface area contributed by atoms with Gasteiger partial charge in [-0.1, -0.05) is 6.92 Å². The Balaban J connectivity index is 3.94. The monoisotopic (exact) mass is 257 g/mol. The molecule has 2 N–H and O–H groups in total. The van der Waals surface area contributed by atoms with Crippen LogP contribution >= 0.6 is 0 Å².